The summed E-state index contributed by atoms with van der Waals surface area (Å²) in [5, 5.41) is 3.40. The predicted octanol–water partition coefficient (Wildman–Crippen LogP) is 1.63. The zero-order chi connectivity index (χ0) is 13.2. The molecular formula is C13H20N2O2S. The molecule has 0 spiro atoms. The first-order valence-corrected chi connectivity index (χ1v) is 7.80. The molecule has 1 fully saturated rings. The van der Waals surface area contributed by atoms with Crippen LogP contribution in [0, 0.1) is 0 Å². The van der Waals surface area contributed by atoms with Gasteiger partial charge in [-0.1, -0.05) is 12.1 Å². The lowest BCUT2D eigenvalue weighted by molar-refractivity contribution is 0.570. The highest BCUT2D eigenvalue weighted by molar-refractivity contribution is 7.89. The smallest absolute Gasteiger partial charge is 0.240 e. The van der Waals surface area contributed by atoms with E-state index in [1.165, 1.54) is 12.8 Å². The van der Waals surface area contributed by atoms with E-state index in [4.69, 9.17) is 0 Å². The third-order valence-electron chi connectivity index (χ3n) is 2.80. The van der Waals surface area contributed by atoms with E-state index in [0.29, 0.717) is 10.9 Å². The van der Waals surface area contributed by atoms with Gasteiger partial charge in [0.1, 0.15) is 0 Å². The molecule has 0 bridgehead atoms. The summed E-state index contributed by atoms with van der Waals surface area (Å²) in [5.41, 5.74) is 1.12. The Morgan fingerprint density at radius 2 is 1.83 bits per heavy atom. The molecular weight excluding hydrogens is 248 g/mol. The van der Waals surface area contributed by atoms with E-state index in [1.807, 2.05) is 26.0 Å². The number of benzene rings is 1. The van der Waals surface area contributed by atoms with Crippen LogP contribution in [0.1, 0.15) is 32.3 Å². The number of rotatable bonds is 6. The third-order valence-corrected chi connectivity index (χ3v) is 4.47. The van der Waals surface area contributed by atoms with Gasteiger partial charge in [0.2, 0.25) is 10.0 Å². The molecule has 0 saturated heterocycles. The van der Waals surface area contributed by atoms with Gasteiger partial charge in [-0.3, -0.25) is 0 Å². The van der Waals surface area contributed by atoms with Crippen LogP contribution in [-0.2, 0) is 16.6 Å². The van der Waals surface area contributed by atoms with Gasteiger partial charge in [-0.2, -0.15) is 0 Å². The lowest BCUT2D eigenvalue weighted by atomic mass is 10.2. The normalized spacial score (nSPS) is 16.2. The van der Waals surface area contributed by atoms with Crippen molar-refractivity contribution in [3.05, 3.63) is 29.8 Å². The lowest BCUT2D eigenvalue weighted by Gasteiger charge is -2.10. The minimum absolute atomic E-state index is 0.0915. The Hall–Kier alpha value is -0.910. The van der Waals surface area contributed by atoms with Crippen LogP contribution >= 0.6 is 0 Å². The molecule has 18 heavy (non-hydrogen) atoms. The van der Waals surface area contributed by atoms with E-state index in [9.17, 15) is 8.42 Å². The topological polar surface area (TPSA) is 58.2 Å². The van der Waals surface area contributed by atoms with E-state index in [0.717, 1.165) is 12.1 Å². The Morgan fingerprint density at radius 3 is 2.33 bits per heavy atom. The second kappa shape index (κ2) is 5.38. The summed E-state index contributed by atoms with van der Waals surface area (Å²) in [5.74, 6) is 0. The zero-order valence-electron chi connectivity index (χ0n) is 10.8. The van der Waals surface area contributed by atoms with E-state index in [1.54, 1.807) is 12.1 Å². The molecule has 0 unspecified atom stereocenters. The highest BCUT2D eigenvalue weighted by Gasteiger charge is 2.20. The number of hydrogen-bond donors (Lipinski definition) is 2. The van der Waals surface area contributed by atoms with Gasteiger partial charge in [-0.05, 0) is 44.4 Å². The molecule has 1 aliphatic carbocycles. The number of sulfonamides is 1. The molecule has 1 aliphatic rings. The first-order valence-electron chi connectivity index (χ1n) is 6.32. The van der Waals surface area contributed by atoms with Gasteiger partial charge in [-0.25, -0.2) is 13.1 Å². The van der Waals surface area contributed by atoms with Crippen LogP contribution in [-0.4, -0.2) is 20.5 Å². The van der Waals surface area contributed by atoms with Gasteiger partial charge in [-0.15, -0.1) is 0 Å². The maximum absolute atomic E-state index is 11.9. The van der Waals surface area contributed by atoms with Crippen molar-refractivity contribution in [2.75, 3.05) is 0 Å². The van der Waals surface area contributed by atoms with Crippen LogP contribution in [0.5, 0.6) is 0 Å². The van der Waals surface area contributed by atoms with Crippen molar-refractivity contribution in [3.63, 3.8) is 0 Å². The van der Waals surface area contributed by atoms with Crippen LogP contribution in [0.4, 0.5) is 0 Å². The second-order valence-corrected chi connectivity index (χ2v) is 6.79. The van der Waals surface area contributed by atoms with Crippen molar-refractivity contribution >= 4 is 10.0 Å². The van der Waals surface area contributed by atoms with Gasteiger partial charge in [0.25, 0.3) is 0 Å². The highest BCUT2D eigenvalue weighted by Crippen LogP contribution is 2.19. The molecule has 1 aromatic carbocycles. The molecule has 0 radical (unpaired) electrons. The van der Waals surface area contributed by atoms with Crippen LogP contribution in [0.25, 0.3) is 0 Å². The molecule has 0 amide bonds. The summed E-state index contributed by atoms with van der Waals surface area (Å²) < 4.78 is 26.4. The van der Waals surface area contributed by atoms with Crippen molar-refractivity contribution < 1.29 is 8.42 Å². The zero-order valence-corrected chi connectivity index (χ0v) is 11.6. The van der Waals surface area contributed by atoms with Crippen molar-refractivity contribution in [2.45, 2.75) is 50.2 Å². The Balaban J connectivity index is 2.01. The van der Waals surface area contributed by atoms with E-state index >= 15 is 0 Å². The van der Waals surface area contributed by atoms with Gasteiger partial charge >= 0.3 is 0 Å². The summed E-state index contributed by atoms with van der Waals surface area (Å²) in [6, 6.07) is 7.62. The van der Waals surface area contributed by atoms with Crippen LogP contribution in [0.2, 0.25) is 0 Å². The Kier molecular flexibility index (Phi) is 4.04. The summed E-state index contributed by atoms with van der Waals surface area (Å²) in [6.45, 7) is 4.43. The van der Waals surface area contributed by atoms with Crippen molar-refractivity contribution in [1.82, 2.24) is 10.0 Å². The molecule has 4 nitrogen and oxygen atoms in total. The van der Waals surface area contributed by atoms with Gasteiger partial charge < -0.3 is 5.32 Å². The average Bonchev–Trinajstić information content (AvgIpc) is 3.09. The van der Waals surface area contributed by atoms with E-state index in [2.05, 4.69) is 10.0 Å². The molecule has 1 aromatic rings. The van der Waals surface area contributed by atoms with Crippen molar-refractivity contribution in [3.8, 4) is 0 Å². The van der Waals surface area contributed by atoms with Crippen LogP contribution in [0.3, 0.4) is 0 Å². The summed E-state index contributed by atoms with van der Waals surface area (Å²) in [4.78, 5) is 0.325. The monoisotopic (exact) mass is 268 g/mol. The Morgan fingerprint density at radius 1 is 1.22 bits per heavy atom. The summed E-state index contributed by atoms with van der Waals surface area (Å²) >= 11 is 0. The summed E-state index contributed by atoms with van der Waals surface area (Å²) in [6.07, 6.45) is 2.51. The fourth-order valence-electron chi connectivity index (χ4n) is 1.71. The SMILES string of the molecule is CC(C)NS(=O)(=O)c1ccc(CNC2CC2)cc1. The standard InChI is InChI=1S/C13H20N2O2S/c1-10(2)15-18(16,17)13-7-3-11(4-8-13)9-14-12-5-6-12/h3-4,7-8,10,12,14-15H,5-6,9H2,1-2H3. The van der Waals surface area contributed by atoms with Gasteiger partial charge in [0.15, 0.2) is 0 Å². The molecule has 0 aliphatic heterocycles. The molecule has 0 aromatic heterocycles. The van der Waals surface area contributed by atoms with Gasteiger partial charge in [0.05, 0.1) is 4.90 Å². The molecule has 0 heterocycles. The highest BCUT2D eigenvalue weighted by atomic mass is 32.2. The van der Waals surface area contributed by atoms with E-state index in [-0.39, 0.29) is 6.04 Å². The maximum Gasteiger partial charge on any atom is 0.240 e. The van der Waals surface area contributed by atoms with Crippen LogP contribution < -0.4 is 10.0 Å². The quantitative estimate of drug-likeness (QED) is 0.824. The van der Waals surface area contributed by atoms with Crippen LogP contribution in [0.15, 0.2) is 29.2 Å². The van der Waals surface area contributed by atoms with E-state index < -0.39 is 10.0 Å². The fraction of sp³-hybridized carbons (Fsp3) is 0.538. The first-order chi connectivity index (χ1) is 8.47. The number of nitrogens with one attached hydrogen (secondary N) is 2. The average molecular weight is 268 g/mol. The molecule has 100 valence electrons. The molecule has 1 saturated carbocycles. The summed E-state index contributed by atoms with van der Waals surface area (Å²) in [7, 11) is -3.37. The first kappa shape index (κ1) is 13.5. The van der Waals surface area contributed by atoms with Gasteiger partial charge in [0, 0.05) is 18.6 Å². The minimum Gasteiger partial charge on any atom is -0.310 e. The number of hydrogen-bond acceptors (Lipinski definition) is 3. The lowest BCUT2D eigenvalue weighted by Crippen LogP contribution is -2.30. The maximum atomic E-state index is 11.9. The third kappa shape index (κ3) is 3.80. The van der Waals surface area contributed by atoms with Crippen molar-refractivity contribution in [1.29, 1.82) is 0 Å². The minimum atomic E-state index is -3.37. The second-order valence-electron chi connectivity index (χ2n) is 5.08. The Bertz CT molecular complexity index is 490. The molecule has 2 N–H and O–H groups in total. The predicted molar refractivity (Wildman–Crippen MR) is 71.8 cm³/mol. The molecule has 2 rings (SSSR count). The Labute approximate surface area is 109 Å². The van der Waals surface area contributed by atoms with Crippen molar-refractivity contribution in [2.24, 2.45) is 0 Å². The molecule has 5 heteroatoms. The molecule has 0 atom stereocenters. The fourth-order valence-corrected chi connectivity index (χ4v) is 2.97. The largest absolute Gasteiger partial charge is 0.310 e.